The van der Waals surface area contributed by atoms with E-state index in [0.29, 0.717) is 18.2 Å². The van der Waals surface area contributed by atoms with E-state index in [1.54, 1.807) is 12.3 Å². The first-order valence-electron chi connectivity index (χ1n) is 10.8. The van der Waals surface area contributed by atoms with Crippen LogP contribution < -0.4 is 10.2 Å². The highest BCUT2D eigenvalue weighted by Gasteiger charge is 2.31. The first-order valence-corrected chi connectivity index (χ1v) is 10.8. The molecule has 2 aliphatic heterocycles. The summed E-state index contributed by atoms with van der Waals surface area (Å²) >= 11 is 0. The number of carbonyl (C=O) groups excluding carboxylic acids is 1. The molecule has 7 heteroatoms. The second kappa shape index (κ2) is 8.95. The van der Waals surface area contributed by atoms with Crippen molar-refractivity contribution in [1.82, 2.24) is 20.1 Å². The highest BCUT2D eigenvalue weighted by Crippen LogP contribution is 2.34. The molecule has 2 aliphatic rings. The Kier molecular flexibility index (Phi) is 6.13. The Hall–Kier alpha value is -2.41. The smallest absolute Gasteiger partial charge is 0.251 e. The van der Waals surface area contributed by atoms with Gasteiger partial charge in [-0.05, 0) is 51.7 Å². The first-order chi connectivity index (χ1) is 14.2. The Morgan fingerprint density at radius 2 is 2.24 bits per heavy atom. The van der Waals surface area contributed by atoms with Crippen molar-refractivity contribution in [3.8, 4) is 0 Å². The van der Waals surface area contributed by atoms with Crippen molar-refractivity contribution in [3.63, 3.8) is 0 Å². The third kappa shape index (κ3) is 4.45. The quantitative estimate of drug-likeness (QED) is 0.810. The highest BCUT2D eigenvalue weighted by molar-refractivity contribution is 5.94. The number of aryl methyl sites for hydroxylation is 1. The fourth-order valence-corrected chi connectivity index (χ4v) is 4.39. The van der Waals surface area contributed by atoms with Crippen molar-refractivity contribution in [2.75, 3.05) is 24.6 Å². The largest absolute Gasteiger partial charge is 0.373 e. The maximum atomic E-state index is 12.8. The number of ether oxygens (including phenoxy) is 1. The van der Waals surface area contributed by atoms with E-state index in [9.17, 15) is 4.79 Å². The van der Waals surface area contributed by atoms with E-state index in [1.165, 1.54) is 19.3 Å². The van der Waals surface area contributed by atoms with Gasteiger partial charge in [0.2, 0.25) is 0 Å². The Balaban J connectivity index is 1.38. The predicted octanol–water partition coefficient (Wildman–Crippen LogP) is 3.18. The van der Waals surface area contributed by atoms with Crippen LogP contribution in [0.25, 0.3) is 0 Å². The maximum absolute atomic E-state index is 12.8. The molecule has 4 rings (SSSR count). The van der Waals surface area contributed by atoms with Gasteiger partial charge in [0.1, 0.15) is 5.82 Å². The number of piperidine rings is 1. The van der Waals surface area contributed by atoms with E-state index in [-0.39, 0.29) is 17.9 Å². The molecule has 156 valence electrons. The fourth-order valence-electron chi connectivity index (χ4n) is 4.39. The van der Waals surface area contributed by atoms with Crippen molar-refractivity contribution in [2.24, 2.45) is 5.92 Å². The number of hydrogen-bond donors (Lipinski definition) is 1. The standard InChI is InChI=1S/C22H31N5O2/c1-3-26-15-19(14-25-26)21-18(8-11-29-21)13-24-22(28)17-7-9-23-20(12-17)27-10-5-4-6-16(27)2/h7,9,12,14-16,18,21H,3-6,8,10-11,13H2,1-2H3,(H,24,28)/t16?,18-,21+/m1/s1. The molecule has 0 aromatic carbocycles. The van der Waals surface area contributed by atoms with Crippen LogP contribution in [0.1, 0.15) is 61.6 Å². The van der Waals surface area contributed by atoms with Gasteiger partial charge >= 0.3 is 0 Å². The summed E-state index contributed by atoms with van der Waals surface area (Å²) < 4.78 is 7.85. The zero-order valence-corrected chi connectivity index (χ0v) is 17.4. The third-order valence-corrected chi connectivity index (χ3v) is 6.15. The van der Waals surface area contributed by atoms with Crippen LogP contribution >= 0.6 is 0 Å². The summed E-state index contributed by atoms with van der Waals surface area (Å²) in [5.41, 5.74) is 1.76. The molecule has 7 nitrogen and oxygen atoms in total. The number of nitrogens with zero attached hydrogens (tertiary/aromatic N) is 4. The van der Waals surface area contributed by atoms with Crippen LogP contribution in [0.15, 0.2) is 30.7 Å². The van der Waals surface area contributed by atoms with Gasteiger partial charge in [0.15, 0.2) is 0 Å². The normalized spacial score (nSPS) is 24.6. The zero-order valence-electron chi connectivity index (χ0n) is 17.4. The Bertz CT molecular complexity index is 836. The molecule has 2 saturated heterocycles. The van der Waals surface area contributed by atoms with Crippen LogP contribution in [-0.4, -0.2) is 46.4 Å². The lowest BCUT2D eigenvalue weighted by Gasteiger charge is -2.34. The van der Waals surface area contributed by atoms with E-state index in [0.717, 1.165) is 37.5 Å². The Morgan fingerprint density at radius 1 is 1.34 bits per heavy atom. The van der Waals surface area contributed by atoms with Gasteiger partial charge in [-0.25, -0.2) is 4.98 Å². The minimum absolute atomic E-state index is 0.00204. The average molecular weight is 398 g/mol. The maximum Gasteiger partial charge on any atom is 0.251 e. The van der Waals surface area contributed by atoms with E-state index in [4.69, 9.17) is 4.74 Å². The van der Waals surface area contributed by atoms with Gasteiger partial charge in [0, 0.05) is 61.7 Å². The number of nitrogens with one attached hydrogen (secondary N) is 1. The molecule has 0 saturated carbocycles. The molecule has 0 radical (unpaired) electrons. The third-order valence-electron chi connectivity index (χ3n) is 6.15. The van der Waals surface area contributed by atoms with Crippen LogP contribution in [0.4, 0.5) is 5.82 Å². The minimum Gasteiger partial charge on any atom is -0.373 e. The summed E-state index contributed by atoms with van der Waals surface area (Å²) in [4.78, 5) is 19.6. The van der Waals surface area contributed by atoms with Crippen molar-refractivity contribution >= 4 is 11.7 Å². The molecule has 2 aromatic heterocycles. The molecule has 1 amide bonds. The summed E-state index contributed by atoms with van der Waals surface area (Å²) in [6.07, 6.45) is 10.2. The van der Waals surface area contributed by atoms with Crippen LogP contribution in [-0.2, 0) is 11.3 Å². The lowest BCUT2D eigenvalue weighted by atomic mass is 9.97. The van der Waals surface area contributed by atoms with Crippen LogP contribution in [0.2, 0.25) is 0 Å². The van der Waals surface area contributed by atoms with Gasteiger partial charge < -0.3 is 15.0 Å². The van der Waals surface area contributed by atoms with Crippen LogP contribution in [0.3, 0.4) is 0 Å². The number of anilines is 1. The van der Waals surface area contributed by atoms with Crippen molar-refractivity contribution in [1.29, 1.82) is 0 Å². The number of pyridine rings is 1. The summed E-state index contributed by atoms with van der Waals surface area (Å²) in [6.45, 7) is 7.46. The predicted molar refractivity (Wildman–Crippen MR) is 112 cm³/mol. The number of hydrogen-bond acceptors (Lipinski definition) is 5. The van der Waals surface area contributed by atoms with Crippen LogP contribution in [0.5, 0.6) is 0 Å². The fraction of sp³-hybridized carbons (Fsp3) is 0.591. The lowest BCUT2D eigenvalue weighted by Crippen LogP contribution is -2.38. The first kappa shape index (κ1) is 19.9. The summed E-state index contributed by atoms with van der Waals surface area (Å²) in [7, 11) is 0. The van der Waals surface area contributed by atoms with E-state index < -0.39 is 0 Å². The summed E-state index contributed by atoms with van der Waals surface area (Å²) in [5.74, 6) is 1.11. The van der Waals surface area contributed by atoms with Crippen molar-refractivity contribution < 1.29 is 9.53 Å². The molecule has 4 heterocycles. The Labute approximate surface area is 172 Å². The number of aromatic nitrogens is 3. The second-order valence-electron chi connectivity index (χ2n) is 8.12. The topological polar surface area (TPSA) is 72.3 Å². The molecule has 0 aliphatic carbocycles. The minimum atomic E-state index is -0.0479. The molecular weight excluding hydrogens is 366 g/mol. The number of carbonyl (C=O) groups is 1. The molecule has 3 atom stereocenters. The van der Waals surface area contributed by atoms with Gasteiger partial charge in [0.05, 0.1) is 12.3 Å². The molecule has 0 bridgehead atoms. The highest BCUT2D eigenvalue weighted by atomic mass is 16.5. The SMILES string of the molecule is CCn1cc([C@H]2OCC[C@@H]2CNC(=O)c2ccnc(N3CCCCC3C)c2)cn1. The van der Waals surface area contributed by atoms with E-state index in [1.807, 2.05) is 23.1 Å². The van der Waals surface area contributed by atoms with Crippen LogP contribution in [0, 0.1) is 5.92 Å². The van der Waals surface area contributed by atoms with Crippen molar-refractivity contribution in [3.05, 3.63) is 41.9 Å². The van der Waals surface area contributed by atoms with Gasteiger partial charge in [-0.1, -0.05) is 0 Å². The van der Waals surface area contributed by atoms with E-state index >= 15 is 0 Å². The summed E-state index contributed by atoms with van der Waals surface area (Å²) in [5, 5.41) is 7.46. The lowest BCUT2D eigenvalue weighted by molar-refractivity contribution is 0.0846. The molecular formula is C22H31N5O2. The summed E-state index contributed by atoms with van der Waals surface area (Å²) in [6, 6.07) is 4.18. The zero-order chi connectivity index (χ0) is 20.2. The molecule has 1 N–H and O–H groups in total. The van der Waals surface area contributed by atoms with Crippen molar-refractivity contribution in [2.45, 2.75) is 58.2 Å². The monoisotopic (exact) mass is 397 g/mol. The average Bonchev–Trinajstić information content (AvgIpc) is 3.41. The van der Waals surface area contributed by atoms with E-state index in [2.05, 4.69) is 34.1 Å². The van der Waals surface area contributed by atoms with Gasteiger partial charge in [0.25, 0.3) is 5.91 Å². The molecule has 2 fully saturated rings. The van der Waals surface area contributed by atoms with Gasteiger partial charge in [-0.2, -0.15) is 5.10 Å². The Morgan fingerprint density at radius 3 is 3.03 bits per heavy atom. The molecule has 29 heavy (non-hydrogen) atoms. The molecule has 1 unspecified atom stereocenters. The van der Waals surface area contributed by atoms with Gasteiger partial charge in [-0.3, -0.25) is 9.48 Å². The van der Waals surface area contributed by atoms with Gasteiger partial charge in [-0.15, -0.1) is 0 Å². The number of rotatable bonds is 6. The molecule has 0 spiro atoms. The second-order valence-corrected chi connectivity index (χ2v) is 8.12. The molecule has 2 aromatic rings. The number of amides is 1.